The van der Waals surface area contributed by atoms with Crippen molar-refractivity contribution in [2.45, 2.75) is 61.8 Å². The van der Waals surface area contributed by atoms with Crippen molar-refractivity contribution in [3.8, 4) is 17.2 Å². The number of benzene rings is 3. The summed E-state index contributed by atoms with van der Waals surface area (Å²) in [6, 6.07) is 11.7. The Morgan fingerprint density at radius 2 is 1.33 bits per heavy atom. The fraction of sp³-hybridized carbons (Fsp3) is 0.353. The van der Waals surface area contributed by atoms with Crippen LogP contribution in [0.3, 0.4) is 0 Å². The van der Waals surface area contributed by atoms with Crippen LogP contribution in [0.1, 0.15) is 44.6 Å². The van der Waals surface area contributed by atoms with Crippen LogP contribution in [0.5, 0.6) is 17.2 Å². The molecule has 6 rings (SSSR count). The van der Waals surface area contributed by atoms with Gasteiger partial charge in [0, 0.05) is 29.7 Å². The molecule has 0 radical (unpaired) electrons. The van der Waals surface area contributed by atoms with Gasteiger partial charge in [0.2, 0.25) is 5.60 Å². The molecule has 20 heteroatoms. The van der Waals surface area contributed by atoms with Crippen molar-refractivity contribution in [3.05, 3.63) is 87.9 Å². The van der Waals surface area contributed by atoms with Crippen molar-refractivity contribution in [3.63, 3.8) is 0 Å². The summed E-state index contributed by atoms with van der Waals surface area (Å²) < 4.78 is 65.4. The highest BCUT2D eigenvalue weighted by molar-refractivity contribution is 7.46. The Balaban J connectivity index is 1.32. The second-order valence-electron chi connectivity index (χ2n) is 12.9. The van der Waals surface area contributed by atoms with Crippen molar-refractivity contribution < 1.29 is 70.9 Å². The molecule has 15 nitrogen and oxygen atoms in total. The highest BCUT2D eigenvalue weighted by Gasteiger charge is 2.58. The summed E-state index contributed by atoms with van der Waals surface area (Å²) in [7, 11) is -4.92. The fourth-order valence-electron chi connectivity index (χ4n) is 6.37. The number of carbonyl (C=O) groups excluding carboxylic acids is 3. The van der Waals surface area contributed by atoms with Gasteiger partial charge in [0.1, 0.15) is 35.0 Å². The Morgan fingerprint density at radius 3 is 1.81 bits per heavy atom. The quantitative estimate of drug-likeness (QED) is 0.102. The lowest BCUT2D eigenvalue weighted by molar-refractivity contribution is -0.165. The number of ether oxygens (including phenoxy) is 4. The molecule has 0 saturated heterocycles. The second-order valence-corrected chi connectivity index (χ2v) is 14.8. The largest absolute Gasteiger partial charge is 0.524 e. The van der Waals surface area contributed by atoms with E-state index in [-0.39, 0.29) is 52.1 Å². The first-order valence-corrected chi connectivity index (χ1v) is 18.4. The summed E-state index contributed by atoms with van der Waals surface area (Å²) in [4.78, 5) is 70.2. The number of halogens is 4. The maximum absolute atomic E-state index is 13.9. The van der Waals surface area contributed by atoms with Gasteiger partial charge in [-0.3, -0.25) is 19.4 Å². The molecule has 0 heterocycles. The molecule has 2 amide bonds. The molecule has 2 bridgehead atoms. The summed E-state index contributed by atoms with van der Waals surface area (Å²) in [5.41, 5.74) is -4.73. The molecular formula is C34H33Cl2F2N2O13P. The van der Waals surface area contributed by atoms with Crippen LogP contribution in [0.25, 0.3) is 0 Å². The number of carbonyl (C=O) groups is 4. The summed E-state index contributed by atoms with van der Waals surface area (Å²) in [5, 5.41) is 15.6. The number of rotatable bonds is 14. The third-order valence-corrected chi connectivity index (χ3v) is 10.2. The highest BCUT2D eigenvalue weighted by Crippen LogP contribution is 2.49. The second kappa shape index (κ2) is 16.0. The van der Waals surface area contributed by atoms with Crippen LogP contribution >= 0.6 is 31.0 Å². The first-order chi connectivity index (χ1) is 25.3. The van der Waals surface area contributed by atoms with Crippen LogP contribution in [0, 0.1) is 11.6 Å². The van der Waals surface area contributed by atoms with E-state index in [2.05, 4.69) is 15.2 Å². The zero-order valence-electron chi connectivity index (χ0n) is 28.2. The molecule has 0 aromatic heterocycles. The average molecular weight is 818 g/mol. The molecule has 3 aliphatic carbocycles. The van der Waals surface area contributed by atoms with Crippen LogP contribution < -0.4 is 24.6 Å². The zero-order valence-corrected chi connectivity index (χ0v) is 30.6. The first kappa shape index (κ1) is 40.5. The highest BCUT2D eigenvalue weighted by atomic mass is 35.5. The summed E-state index contributed by atoms with van der Waals surface area (Å²) in [5.74, 6) is -4.60. The van der Waals surface area contributed by atoms with Crippen LogP contribution in [-0.2, 0) is 34.0 Å². The summed E-state index contributed by atoms with van der Waals surface area (Å²) in [6.07, 6.45) is -1.81. The van der Waals surface area contributed by atoms with E-state index in [1.165, 1.54) is 24.3 Å². The Hall–Kier alpha value is -4.67. The van der Waals surface area contributed by atoms with Gasteiger partial charge >= 0.3 is 19.9 Å². The molecule has 3 fully saturated rings. The van der Waals surface area contributed by atoms with Gasteiger partial charge in [0.15, 0.2) is 13.2 Å². The van der Waals surface area contributed by atoms with E-state index in [0.717, 1.165) is 43.3 Å². The molecule has 0 spiro atoms. The maximum atomic E-state index is 13.9. The van der Waals surface area contributed by atoms with E-state index in [1.807, 2.05) is 0 Å². The zero-order chi connectivity index (χ0) is 39.5. The van der Waals surface area contributed by atoms with Gasteiger partial charge in [0.25, 0.3) is 11.8 Å². The number of hydrogen-bond donors (Lipinski definition) is 5. The molecule has 54 heavy (non-hydrogen) atoms. The van der Waals surface area contributed by atoms with E-state index in [0.29, 0.717) is 12.8 Å². The number of amides is 2. The van der Waals surface area contributed by atoms with E-state index < -0.39 is 79.4 Å². The van der Waals surface area contributed by atoms with Gasteiger partial charge in [-0.05, 0) is 69.0 Å². The van der Waals surface area contributed by atoms with Crippen LogP contribution in [0.4, 0.5) is 13.6 Å². The normalized spacial score (nSPS) is 21.6. The van der Waals surface area contributed by atoms with Crippen LogP contribution in [0.2, 0.25) is 10.0 Å². The predicted molar refractivity (Wildman–Crippen MR) is 184 cm³/mol. The van der Waals surface area contributed by atoms with Crippen LogP contribution in [-0.4, -0.2) is 69.2 Å². The van der Waals surface area contributed by atoms with E-state index in [4.69, 9.17) is 51.9 Å². The van der Waals surface area contributed by atoms with Gasteiger partial charge < -0.3 is 39.2 Å². The standard InChI is InChI=1S/C34H33Cl2F2N2O13P/c1-32(30(43)44,19-2-4-20(5-3-19)53-54(46,47)48)52-31(45)51-27-16-33(39-28(41)17-49-21-6-8-23(35)25(37)14-21)10-12-34(27,13-11-33)40-29(42)18-50-22-7-9-24(36)26(38)15-22/h2-9,14-15,27H,10-13,16-18H2,1H3,(H,39,41)(H,40,42)(H,43,44)(H2,46,47,48)/t27-,32?,33?,34?/m0/s1. The summed E-state index contributed by atoms with van der Waals surface area (Å²) in [6.45, 7) is -0.0234. The first-order valence-electron chi connectivity index (χ1n) is 16.1. The van der Waals surface area contributed by atoms with Gasteiger partial charge in [-0.1, -0.05) is 35.3 Å². The van der Waals surface area contributed by atoms with Crippen molar-refractivity contribution in [2.24, 2.45) is 0 Å². The SMILES string of the molecule is CC(OC(=O)O[C@H]1CC2(NC(=O)COc3ccc(Cl)c(F)c3)CCC1(NC(=O)COc1ccc(Cl)c(F)c1)CC2)(C(=O)O)c1ccc(OP(=O)(O)O)cc1. The van der Waals surface area contributed by atoms with Crippen molar-refractivity contribution in [1.82, 2.24) is 10.6 Å². The molecule has 2 atom stereocenters. The molecule has 3 saturated carbocycles. The Labute approximate surface area is 316 Å². The monoisotopic (exact) mass is 816 g/mol. The maximum Gasteiger partial charge on any atom is 0.524 e. The minimum absolute atomic E-state index is 0.0211. The lowest BCUT2D eigenvalue weighted by atomic mass is 9.59. The third kappa shape index (κ3) is 9.70. The molecule has 1 unspecified atom stereocenters. The lowest BCUT2D eigenvalue weighted by Gasteiger charge is -2.56. The minimum Gasteiger partial charge on any atom is -0.484 e. The van der Waals surface area contributed by atoms with E-state index in [9.17, 15) is 37.6 Å². The van der Waals surface area contributed by atoms with Gasteiger partial charge in [-0.2, -0.15) is 0 Å². The lowest BCUT2D eigenvalue weighted by Crippen LogP contribution is -2.71. The molecular weight excluding hydrogens is 784 g/mol. The molecule has 3 aromatic carbocycles. The third-order valence-electron chi connectivity index (χ3n) is 9.17. The number of phosphoric acid groups is 1. The van der Waals surface area contributed by atoms with Crippen LogP contribution in [0.15, 0.2) is 60.7 Å². The number of aliphatic carboxylic acids is 1. The number of carboxylic acids is 1. The average Bonchev–Trinajstić information content (AvgIpc) is 3.09. The molecule has 0 aliphatic heterocycles. The van der Waals surface area contributed by atoms with Gasteiger partial charge in [-0.25, -0.2) is 22.9 Å². The van der Waals surface area contributed by atoms with E-state index >= 15 is 0 Å². The fourth-order valence-corrected chi connectivity index (χ4v) is 7.00. The number of carboxylic acid groups (broad SMARTS) is 1. The number of phosphoric ester groups is 1. The van der Waals surface area contributed by atoms with Crippen molar-refractivity contribution in [1.29, 1.82) is 0 Å². The molecule has 3 aliphatic rings. The topological polar surface area (TPSA) is 216 Å². The van der Waals surface area contributed by atoms with Gasteiger partial charge in [0.05, 0.1) is 15.6 Å². The molecule has 5 N–H and O–H groups in total. The Morgan fingerprint density at radius 1 is 0.833 bits per heavy atom. The minimum atomic E-state index is -4.92. The predicted octanol–water partition coefficient (Wildman–Crippen LogP) is 5.41. The Bertz CT molecular complexity index is 1980. The number of hydrogen-bond acceptors (Lipinski definition) is 10. The number of fused-ring (bicyclic) bond motifs is 3. The van der Waals surface area contributed by atoms with Crippen molar-refractivity contribution in [2.75, 3.05) is 13.2 Å². The summed E-state index contributed by atoms with van der Waals surface area (Å²) >= 11 is 11.4. The number of nitrogens with one attached hydrogen (secondary N) is 2. The Kier molecular flexibility index (Phi) is 12.0. The van der Waals surface area contributed by atoms with Gasteiger partial charge in [-0.15, -0.1) is 0 Å². The van der Waals surface area contributed by atoms with Crippen molar-refractivity contribution >= 4 is 55.0 Å². The smallest absolute Gasteiger partial charge is 0.484 e. The molecule has 3 aromatic rings. The van der Waals surface area contributed by atoms with E-state index in [1.54, 1.807) is 0 Å². The molecule has 290 valence electrons.